The van der Waals surface area contributed by atoms with Crippen molar-refractivity contribution in [3.8, 4) is 0 Å². The van der Waals surface area contributed by atoms with Crippen LogP contribution < -0.4 is 0 Å². The van der Waals surface area contributed by atoms with Crippen LogP contribution in [0.25, 0.3) is 0 Å². The summed E-state index contributed by atoms with van der Waals surface area (Å²) in [5.41, 5.74) is 0. The van der Waals surface area contributed by atoms with Gasteiger partial charge in [0.1, 0.15) is 13.2 Å². The normalized spacial score (nSPS) is 12.9. The fourth-order valence-electron chi connectivity index (χ4n) is 8.46. The molecule has 0 rings (SSSR count). The van der Waals surface area contributed by atoms with Crippen molar-refractivity contribution in [2.24, 2.45) is 0 Å². The topological polar surface area (TPSA) is 78.9 Å². The summed E-state index contributed by atoms with van der Waals surface area (Å²) < 4.78 is 16.8. The minimum atomic E-state index is -0.786. The van der Waals surface area contributed by atoms with Crippen molar-refractivity contribution in [2.75, 3.05) is 13.2 Å². The number of hydrogen-bond donors (Lipinski definition) is 0. The zero-order chi connectivity index (χ0) is 53.6. The maximum absolute atomic E-state index is 12.8. The van der Waals surface area contributed by atoms with E-state index < -0.39 is 6.10 Å². The summed E-state index contributed by atoms with van der Waals surface area (Å²) in [5.74, 6) is -0.900. The van der Waals surface area contributed by atoms with Gasteiger partial charge in [-0.05, 0) is 103 Å². The van der Waals surface area contributed by atoms with E-state index in [0.29, 0.717) is 19.3 Å². The van der Waals surface area contributed by atoms with E-state index in [9.17, 15) is 14.4 Å². The van der Waals surface area contributed by atoms with Gasteiger partial charge in [0.25, 0.3) is 0 Å². The Kier molecular flexibility index (Phi) is 58.3. The predicted octanol–water partition coefficient (Wildman–Crippen LogP) is 21.0. The number of allylic oxidation sites excluding steroid dienone is 18. The number of hydrogen-bond acceptors (Lipinski definition) is 6. The highest BCUT2D eigenvalue weighted by Gasteiger charge is 2.19. The fourth-order valence-corrected chi connectivity index (χ4v) is 8.46. The third kappa shape index (κ3) is 59.0. The van der Waals surface area contributed by atoms with Crippen LogP contribution in [-0.2, 0) is 28.6 Å². The lowest BCUT2D eigenvalue weighted by atomic mass is 10.0. The van der Waals surface area contributed by atoms with Crippen LogP contribution in [0.3, 0.4) is 0 Å². The summed E-state index contributed by atoms with van der Waals surface area (Å²) in [4.78, 5) is 38.1. The number of ether oxygens (including phenoxy) is 3. The molecule has 0 aromatic heterocycles. The van der Waals surface area contributed by atoms with Crippen LogP contribution in [0.2, 0.25) is 0 Å². The molecule has 0 saturated carbocycles. The van der Waals surface area contributed by atoms with Gasteiger partial charge in [0.15, 0.2) is 6.10 Å². The van der Waals surface area contributed by atoms with E-state index in [1.807, 2.05) is 0 Å². The highest BCUT2D eigenvalue weighted by Crippen LogP contribution is 2.16. The zero-order valence-electron chi connectivity index (χ0n) is 48.3. The second-order valence-electron chi connectivity index (χ2n) is 20.2. The van der Waals surface area contributed by atoms with Crippen molar-refractivity contribution >= 4 is 17.9 Å². The number of unbranched alkanes of at least 4 members (excludes halogenated alkanes) is 26. The molecule has 422 valence electrons. The quantitative estimate of drug-likeness (QED) is 0.0261. The molecular weight excluding hydrogens is 913 g/mol. The summed E-state index contributed by atoms with van der Waals surface area (Å²) in [6, 6.07) is 0. The predicted molar refractivity (Wildman–Crippen MR) is 320 cm³/mol. The first-order valence-corrected chi connectivity index (χ1v) is 30.9. The SMILES string of the molecule is CC/C=C\C/C=C\C/C=C\C/C=C\C/C=C\C/C=C\CCCCCCCCCCCCCCC(=O)OCC(COC(=O)CCCCCCCCCCCC)OC(=O)CCCCCCC/C=C\C/C=C\C/C=C\CC. The molecule has 0 aromatic carbocycles. The molecule has 74 heavy (non-hydrogen) atoms. The summed E-state index contributed by atoms with van der Waals surface area (Å²) in [7, 11) is 0. The zero-order valence-corrected chi connectivity index (χ0v) is 48.3. The molecule has 0 aliphatic rings. The van der Waals surface area contributed by atoms with E-state index >= 15 is 0 Å². The Morgan fingerprint density at radius 2 is 0.527 bits per heavy atom. The summed E-state index contributed by atoms with van der Waals surface area (Å²) in [5, 5.41) is 0. The maximum atomic E-state index is 12.8. The van der Waals surface area contributed by atoms with E-state index in [0.717, 1.165) is 135 Å². The third-order valence-corrected chi connectivity index (χ3v) is 13.0. The molecular formula is C68H114O6. The highest BCUT2D eigenvalue weighted by atomic mass is 16.6. The summed E-state index contributed by atoms with van der Waals surface area (Å²) >= 11 is 0. The first-order valence-electron chi connectivity index (χ1n) is 30.9. The Morgan fingerprint density at radius 3 is 0.824 bits per heavy atom. The monoisotopic (exact) mass is 1030 g/mol. The van der Waals surface area contributed by atoms with E-state index in [4.69, 9.17) is 14.2 Å². The molecule has 0 heterocycles. The van der Waals surface area contributed by atoms with Crippen molar-refractivity contribution in [1.29, 1.82) is 0 Å². The molecule has 0 spiro atoms. The summed E-state index contributed by atoms with van der Waals surface area (Å²) in [6.07, 6.45) is 83.9. The van der Waals surface area contributed by atoms with Gasteiger partial charge in [-0.2, -0.15) is 0 Å². The smallest absolute Gasteiger partial charge is 0.306 e. The van der Waals surface area contributed by atoms with Crippen molar-refractivity contribution < 1.29 is 28.6 Å². The van der Waals surface area contributed by atoms with Crippen LogP contribution in [0.5, 0.6) is 0 Å². The highest BCUT2D eigenvalue weighted by molar-refractivity contribution is 5.71. The van der Waals surface area contributed by atoms with Gasteiger partial charge in [-0.1, -0.05) is 271 Å². The second kappa shape index (κ2) is 61.6. The van der Waals surface area contributed by atoms with E-state index in [2.05, 4.69) is 130 Å². The van der Waals surface area contributed by atoms with Crippen molar-refractivity contribution in [2.45, 2.75) is 290 Å². The lowest BCUT2D eigenvalue weighted by Gasteiger charge is -2.18. The molecule has 6 nitrogen and oxygen atoms in total. The average Bonchev–Trinajstić information content (AvgIpc) is 3.40. The van der Waals surface area contributed by atoms with Crippen LogP contribution in [0.1, 0.15) is 284 Å². The minimum Gasteiger partial charge on any atom is -0.462 e. The lowest BCUT2D eigenvalue weighted by molar-refractivity contribution is -0.167. The molecule has 1 unspecified atom stereocenters. The first-order chi connectivity index (χ1) is 36.5. The average molecular weight is 1030 g/mol. The Hall–Kier alpha value is -3.93. The Labute approximate surface area is 457 Å². The number of carbonyl (C=O) groups is 3. The number of carbonyl (C=O) groups excluding carboxylic acids is 3. The lowest BCUT2D eigenvalue weighted by Crippen LogP contribution is -2.30. The number of esters is 3. The van der Waals surface area contributed by atoms with Crippen LogP contribution in [0, 0.1) is 0 Å². The Morgan fingerprint density at radius 1 is 0.284 bits per heavy atom. The minimum absolute atomic E-state index is 0.0834. The van der Waals surface area contributed by atoms with Crippen molar-refractivity contribution in [3.05, 3.63) is 109 Å². The molecule has 6 heteroatoms. The van der Waals surface area contributed by atoms with Gasteiger partial charge >= 0.3 is 17.9 Å². The molecule has 0 saturated heterocycles. The van der Waals surface area contributed by atoms with Gasteiger partial charge in [0, 0.05) is 19.3 Å². The number of rotatable bonds is 55. The van der Waals surface area contributed by atoms with Crippen molar-refractivity contribution in [1.82, 2.24) is 0 Å². The molecule has 0 aliphatic heterocycles. The molecule has 0 bridgehead atoms. The van der Waals surface area contributed by atoms with Gasteiger partial charge < -0.3 is 14.2 Å². The molecule has 0 radical (unpaired) electrons. The van der Waals surface area contributed by atoms with Crippen LogP contribution >= 0.6 is 0 Å². The van der Waals surface area contributed by atoms with Gasteiger partial charge in [-0.25, -0.2) is 0 Å². The first kappa shape index (κ1) is 70.1. The standard InChI is InChI=1S/C68H114O6/c1-4-7-10-13-16-19-22-24-26-27-28-29-30-31-32-33-34-35-36-37-38-39-40-41-43-44-46-49-52-55-58-61-67(70)73-64-65(63-72-66(69)60-57-54-51-48-21-18-15-12-9-6-3)74-68(71)62-59-56-53-50-47-45-42-25-23-20-17-14-11-8-5-2/h7-8,10-11,16-17,19-20,24-26,28-29,31-32,34-35,42,65H,4-6,9,12-15,18,21-23,27,30,33,36-41,43-64H2,1-3H3/b10-7-,11-8-,19-16-,20-17-,26-24-,29-28-,32-31-,35-34-,42-25-. The molecule has 1 atom stereocenters. The second-order valence-corrected chi connectivity index (χ2v) is 20.2. The van der Waals surface area contributed by atoms with Gasteiger partial charge in [-0.15, -0.1) is 0 Å². The molecule has 0 amide bonds. The van der Waals surface area contributed by atoms with E-state index in [1.165, 1.54) is 109 Å². The van der Waals surface area contributed by atoms with Gasteiger partial charge in [-0.3, -0.25) is 14.4 Å². The molecule has 0 N–H and O–H groups in total. The van der Waals surface area contributed by atoms with Crippen LogP contribution in [0.15, 0.2) is 109 Å². The summed E-state index contributed by atoms with van der Waals surface area (Å²) in [6.45, 7) is 6.40. The van der Waals surface area contributed by atoms with Crippen LogP contribution in [0.4, 0.5) is 0 Å². The Bertz CT molecular complexity index is 1510. The molecule has 0 fully saturated rings. The van der Waals surface area contributed by atoms with E-state index in [-0.39, 0.29) is 31.1 Å². The third-order valence-electron chi connectivity index (χ3n) is 13.0. The fraction of sp³-hybridized carbons (Fsp3) is 0.691. The van der Waals surface area contributed by atoms with Crippen molar-refractivity contribution in [3.63, 3.8) is 0 Å². The van der Waals surface area contributed by atoms with Crippen LogP contribution in [-0.4, -0.2) is 37.2 Å². The Balaban J connectivity index is 4.19. The van der Waals surface area contributed by atoms with Gasteiger partial charge in [0.05, 0.1) is 0 Å². The largest absolute Gasteiger partial charge is 0.462 e. The molecule has 0 aliphatic carbocycles. The maximum Gasteiger partial charge on any atom is 0.306 e. The van der Waals surface area contributed by atoms with E-state index in [1.54, 1.807) is 0 Å². The van der Waals surface area contributed by atoms with Gasteiger partial charge in [0.2, 0.25) is 0 Å². The molecule has 0 aromatic rings.